The molecule has 0 amide bonds. The molecule has 2 rings (SSSR count). The Balaban J connectivity index is 2.27. The van der Waals surface area contributed by atoms with Crippen LogP contribution < -0.4 is 10.3 Å². The van der Waals surface area contributed by atoms with Crippen molar-refractivity contribution in [2.75, 3.05) is 23.4 Å². The number of para-hydroxylation sites is 1. The van der Waals surface area contributed by atoms with Crippen LogP contribution in [0, 0.1) is 10.1 Å². The topological polar surface area (TPSA) is 70.8 Å². The van der Waals surface area contributed by atoms with E-state index in [0.29, 0.717) is 0 Å². The number of nitro groups is 1. The average molecular weight is 340 g/mol. The number of nitro benzene ring substituents is 1. The quantitative estimate of drug-likeness (QED) is 0.409. The number of non-ortho nitro benzene ring substituents is 1. The van der Waals surface area contributed by atoms with Gasteiger partial charge in [0.1, 0.15) is 0 Å². The highest BCUT2D eigenvalue weighted by Crippen LogP contribution is 2.25. The van der Waals surface area contributed by atoms with Crippen LogP contribution in [0.15, 0.2) is 53.6 Å². The first-order chi connectivity index (χ1) is 12.2. The Morgan fingerprint density at radius 2 is 1.96 bits per heavy atom. The number of unbranched alkanes of at least 4 members (excludes halogenated alkanes) is 1. The third kappa shape index (κ3) is 5.31. The van der Waals surface area contributed by atoms with Crippen LogP contribution in [0.5, 0.6) is 0 Å². The summed E-state index contributed by atoms with van der Waals surface area (Å²) in [5.74, 6) is 0. The van der Waals surface area contributed by atoms with Crippen molar-refractivity contribution in [3.8, 4) is 0 Å². The van der Waals surface area contributed by atoms with Gasteiger partial charge in [-0.1, -0.05) is 31.5 Å². The lowest BCUT2D eigenvalue weighted by molar-refractivity contribution is -0.384. The summed E-state index contributed by atoms with van der Waals surface area (Å²) in [6, 6.07) is 14.5. The summed E-state index contributed by atoms with van der Waals surface area (Å²) in [6.07, 6.45) is 3.82. The molecule has 0 unspecified atom stereocenters. The molecule has 0 radical (unpaired) electrons. The van der Waals surface area contributed by atoms with Gasteiger partial charge in [0, 0.05) is 36.5 Å². The smallest absolute Gasteiger partial charge is 0.270 e. The van der Waals surface area contributed by atoms with Crippen LogP contribution in [-0.2, 0) is 0 Å². The van der Waals surface area contributed by atoms with E-state index in [1.165, 1.54) is 0 Å². The van der Waals surface area contributed by atoms with Crippen molar-refractivity contribution < 1.29 is 4.92 Å². The van der Waals surface area contributed by atoms with Gasteiger partial charge in [-0.2, -0.15) is 5.10 Å². The second kappa shape index (κ2) is 9.42. The Morgan fingerprint density at radius 1 is 1.20 bits per heavy atom. The van der Waals surface area contributed by atoms with Crippen LogP contribution in [-0.4, -0.2) is 24.2 Å². The molecule has 0 atom stereocenters. The molecule has 132 valence electrons. The van der Waals surface area contributed by atoms with Crippen LogP contribution in [0.3, 0.4) is 0 Å². The molecule has 2 aromatic carbocycles. The Morgan fingerprint density at radius 3 is 2.60 bits per heavy atom. The number of benzene rings is 2. The van der Waals surface area contributed by atoms with Gasteiger partial charge in [-0.05, 0) is 31.5 Å². The van der Waals surface area contributed by atoms with Gasteiger partial charge >= 0.3 is 0 Å². The van der Waals surface area contributed by atoms with Crippen molar-refractivity contribution in [2.24, 2.45) is 5.10 Å². The highest BCUT2D eigenvalue weighted by Gasteiger charge is 2.13. The lowest BCUT2D eigenvalue weighted by Crippen LogP contribution is -2.25. The van der Waals surface area contributed by atoms with Crippen molar-refractivity contribution >= 4 is 23.3 Å². The average Bonchev–Trinajstić information content (AvgIpc) is 2.64. The zero-order valence-corrected chi connectivity index (χ0v) is 14.7. The summed E-state index contributed by atoms with van der Waals surface area (Å²) in [7, 11) is 0. The van der Waals surface area contributed by atoms with Crippen molar-refractivity contribution in [3.63, 3.8) is 0 Å². The van der Waals surface area contributed by atoms with E-state index in [1.807, 2.05) is 30.3 Å². The van der Waals surface area contributed by atoms with Crippen molar-refractivity contribution in [3.05, 3.63) is 64.2 Å². The Kier molecular flexibility index (Phi) is 6.95. The molecule has 0 spiro atoms. The SMILES string of the molecule is CCCCN(CC)c1ccc([N+](=O)[O-])cc1/C=N\Nc1ccccc1. The summed E-state index contributed by atoms with van der Waals surface area (Å²) >= 11 is 0. The molecule has 0 bridgehead atoms. The first kappa shape index (κ1) is 18.4. The zero-order chi connectivity index (χ0) is 18.1. The van der Waals surface area contributed by atoms with Gasteiger partial charge in [0.15, 0.2) is 0 Å². The monoisotopic (exact) mass is 340 g/mol. The van der Waals surface area contributed by atoms with Crippen LogP contribution in [0.4, 0.5) is 17.1 Å². The second-order valence-electron chi connectivity index (χ2n) is 5.67. The molecule has 0 heterocycles. The first-order valence-corrected chi connectivity index (χ1v) is 8.53. The maximum absolute atomic E-state index is 11.1. The van der Waals surface area contributed by atoms with E-state index >= 15 is 0 Å². The third-order valence-corrected chi connectivity index (χ3v) is 3.90. The van der Waals surface area contributed by atoms with Crippen molar-refractivity contribution in [1.82, 2.24) is 0 Å². The van der Waals surface area contributed by atoms with E-state index in [9.17, 15) is 10.1 Å². The lowest BCUT2D eigenvalue weighted by atomic mass is 10.1. The van der Waals surface area contributed by atoms with E-state index in [2.05, 4.69) is 29.3 Å². The standard InChI is InChI=1S/C19H24N4O2/c1-3-5-13-22(4-2)19-12-11-18(23(24)25)14-16(19)15-20-21-17-9-7-6-8-10-17/h6-12,14-15,21H,3-5,13H2,1-2H3/b20-15-. The van der Waals surface area contributed by atoms with Crippen molar-refractivity contribution in [1.29, 1.82) is 0 Å². The Bertz CT molecular complexity index is 717. The summed E-state index contributed by atoms with van der Waals surface area (Å²) in [6.45, 7) is 5.98. The molecule has 0 saturated carbocycles. The lowest BCUT2D eigenvalue weighted by Gasteiger charge is -2.24. The normalized spacial score (nSPS) is 10.8. The summed E-state index contributed by atoms with van der Waals surface area (Å²) in [5.41, 5.74) is 5.57. The van der Waals surface area contributed by atoms with Gasteiger partial charge in [0.25, 0.3) is 5.69 Å². The molecule has 0 fully saturated rings. The fourth-order valence-corrected chi connectivity index (χ4v) is 2.53. The van der Waals surface area contributed by atoms with Crippen LogP contribution in [0.1, 0.15) is 32.3 Å². The number of nitrogens with one attached hydrogen (secondary N) is 1. The molecule has 0 saturated heterocycles. The minimum atomic E-state index is -0.381. The van der Waals surface area contributed by atoms with Gasteiger partial charge in [-0.15, -0.1) is 0 Å². The minimum Gasteiger partial charge on any atom is -0.371 e. The van der Waals surface area contributed by atoms with E-state index in [0.717, 1.165) is 42.9 Å². The molecule has 0 aliphatic rings. The Labute approximate surface area is 148 Å². The Hall–Kier alpha value is -2.89. The molecule has 1 N–H and O–H groups in total. The molecule has 0 aromatic heterocycles. The van der Waals surface area contributed by atoms with Gasteiger partial charge in [0.2, 0.25) is 0 Å². The second-order valence-corrected chi connectivity index (χ2v) is 5.67. The summed E-state index contributed by atoms with van der Waals surface area (Å²) in [5, 5.41) is 15.3. The maximum Gasteiger partial charge on any atom is 0.270 e. The maximum atomic E-state index is 11.1. The van der Waals surface area contributed by atoms with Gasteiger partial charge < -0.3 is 4.90 Å². The third-order valence-electron chi connectivity index (χ3n) is 3.90. The molecule has 2 aromatic rings. The number of rotatable bonds is 9. The van der Waals surface area contributed by atoms with Gasteiger partial charge in [-0.3, -0.25) is 15.5 Å². The number of hydrazone groups is 1. The molecule has 6 nitrogen and oxygen atoms in total. The van der Waals surface area contributed by atoms with Gasteiger partial charge in [-0.25, -0.2) is 0 Å². The number of anilines is 2. The first-order valence-electron chi connectivity index (χ1n) is 8.53. The zero-order valence-electron chi connectivity index (χ0n) is 14.7. The predicted octanol–water partition coefficient (Wildman–Crippen LogP) is 4.67. The summed E-state index contributed by atoms with van der Waals surface area (Å²) < 4.78 is 0. The fourth-order valence-electron chi connectivity index (χ4n) is 2.53. The predicted molar refractivity (Wildman–Crippen MR) is 104 cm³/mol. The molecule has 25 heavy (non-hydrogen) atoms. The van der Waals surface area contributed by atoms with Crippen LogP contribution >= 0.6 is 0 Å². The molecular formula is C19H24N4O2. The molecule has 0 aliphatic heterocycles. The summed E-state index contributed by atoms with van der Waals surface area (Å²) in [4.78, 5) is 12.9. The number of nitrogens with zero attached hydrogens (tertiary/aromatic N) is 3. The molecule has 0 aliphatic carbocycles. The van der Waals surface area contributed by atoms with E-state index in [1.54, 1.807) is 24.4 Å². The van der Waals surface area contributed by atoms with E-state index in [4.69, 9.17) is 0 Å². The minimum absolute atomic E-state index is 0.0662. The fraction of sp³-hybridized carbons (Fsp3) is 0.316. The van der Waals surface area contributed by atoms with Crippen LogP contribution in [0.2, 0.25) is 0 Å². The van der Waals surface area contributed by atoms with E-state index in [-0.39, 0.29) is 10.6 Å². The van der Waals surface area contributed by atoms with E-state index < -0.39 is 0 Å². The van der Waals surface area contributed by atoms with Gasteiger partial charge in [0.05, 0.1) is 16.8 Å². The van der Waals surface area contributed by atoms with Crippen molar-refractivity contribution in [2.45, 2.75) is 26.7 Å². The largest absolute Gasteiger partial charge is 0.371 e. The highest BCUT2D eigenvalue weighted by molar-refractivity contribution is 5.89. The number of hydrogen-bond donors (Lipinski definition) is 1. The number of hydrogen-bond acceptors (Lipinski definition) is 5. The molecular weight excluding hydrogens is 316 g/mol. The highest BCUT2D eigenvalue weighted by atomic mass is 16.6. The molecule has 6 heteroatoms. The van der Waals surface area contributed by atoms with Crippen LogP contribution in [0.25, 0.3) is 0 Å².